The van der Waals surface area contributed by atoms with Crippen molar-refractivity contribution in [3.05, 3.63) is 76.2 Å². The van der Waals surface area contributed by atoms with Gasteiger partial charge in [-0.1, -0.05) is 18.2 Å². The van der Waals surface area contributed by atoms with Crippen LogP contribution in [0.15, 0.2) is 59.4 Å². The van der Waals surface area contributed by atoms with Crippen LogP contribution in [-0.4, -0.2) is 35.4 Å². The maximum absolute atomic E-state index is 12.6. The molecule has 0 radical (unpaired) electrons. The molecule has 1 N–H and O–H groups in total. The summed E-state index contributed by atoms with van der Waals surface area (Å²) in [5, 5.41) is 4.91. The molecular formula is C23H25N3O2S. The van der Waals surface area contributed by atoms with E-state index in [0.717, 1.165) is 24.3 Å². The molecule has 0 bridgehead atoms. The fraction of sp³-hybridized carbons (Fsp3) is 0.304. The monoisotopic (exact) mass is 407 g/mol. The summed E-state index contributed by atoms with van der Waals surface area (Å²) in [4.78, 5) is 19.3. The summed E-state index contributed by atoms with van der Waals surface area (Å²) in [6.07, 6.45) is 3.69. The van der Waals surface area contributed by atoms with Gasteiger partial charge in [-0.3, -0.25) is 4.79 Å². The molecule has 29 heavy (non-hydrogen) atoms. The number of hydrogen-bond donors (Lipinski definition) is 1. The molecule has 0 spiro atoms. The number of carbonyl (C=O) groups is 1. The number of benzene rings is 2. The Kier molecular flexibility index (Phi) is 6.54. The average molecular weight is 408 g/mol. The summed E-state index contributed by atoms with van der Waals surface area (Å²) in [6.45, 7) is 3.95. The second kappa shape index (κ2) is 9.67. The average Bonchev–Trinajstić information content (AvgIpc) is 3.46. The van der Waals surface area contributed by atoms with E-state index in [0.29, 0.717) is 17.9 Å². The third-order valence-corrected chi connectivity index (χ3v) is 5.73. The molecule has 150 valence electrons. The van der Waals surface area contributed by atoms with Crippen LogP contribution in [0, 0.1) is 0 Å². The highest BCUT2D eigenvalue weighted by Gasteiger charge is 2.11. The highest BCUT2D eigenvalue weighted by atomic mass is 32.1. The normalized spacial score (nSPS) is 14.1. The van der Waals surface area contributed by atoms with Crippen LogP contribution in [0.5, 0.6) is 5.75 Å². The molecule has 1 amide bonds. The number of rotatable bonds is 8. The Morgan fingerprint density at radius 3 is 2.72 bits per heavy atom. The lowest BCUT2D eigenvalue weighted by Crippen LogP contribution is -2.21. The molecule has 3 aromatic rings. The van der Waals surface area contributed by atoms with Gasteiger partial charge in [0.25, 0.3) is 5.91 Å². The predicted octanol–water partition coefficient (Wildman–Crippen LogP) is 4.61. The highest BCUT2D eigenvalue weighted by Crippen LogP contribution is 2.18. The van der Waals surface area contributed by atoms with Crippen molar-refractivity contribution in [3.8, 4) is 5.75 Å². The van der Waals surface area contributed by atoms with Crippen molar-refractivity contribution in [3.63, 3.8) is 0 Å². The van der Waals surface area contributed by atoms with E-state index in [-0.39, 0.29) is 5.91 Å². The number of amides is 1. The molecule has 0 unspecified atom stereocenters. The van der Waals surface area contributed by atoms with Crippen LogP contribution >= 0.6 is 11.3 Å². The lowest BCUT2D eigenvalue weighted by Gasteiger charge is -2.14. The Morgan fingerprint density at radius 2 is 1.97 bits per heavy atom. The lowest BCUT2D eigenvalue weighted by molar-refractivity contribution is 0.102. The zero-order valence-electron chi connectivity index (χ0n) is 16.3. The van der Waals surface area contributed by atoms with Gasteiger partial charge in [-0.15, -0.1) is 11.3 Å². The molecule has 1 aromatic heterocycles. The van der Waals surface area contributed by atoms with E-state index in [1.54, 1.807) is 17.6 Å². The minimum Gasteiger partial charge on any atom is -0.487 e. The van der Waals surface area contributed by atoms with Crippen molar-refractivity contribution in [2.24, 2.45) is 0 Å². The molecule has 0 saturated carbocycles. The summed E-state index contributed by atoms with van der Waals surface area (Å²) in [5.74, 6) is 0.511. The molecule has 4 rings (SSSR count). The molecular weight excluding hydrogens is 382 g/mol. The number of ether oxygens (including phenoxy) is 1. The van der Waals surface area contributed by atoms with Gasteiger partial charge in [0, 0.05) is 23.2 Å². The second-order valence-corrected chi connectivity index (χ2v) is 7.96. The van der Waals surface area contributed by atoms with Crippen LogP contribution in [0.2, 0.25) is 0 Å². The Hall–Kier alpha value is -2.70. The Bertz CT molecular complexity index is 920. The van der Waals surface area contributed by atoms with Crippen molar-refractivity contribution < 1.29 is 9.53 Å². The zero-order chi connectivity index (χ0) is 19.9. The summed E-state index contributed by atoms with van der Waals surface area (Å²) in [7, 11) is 0. The topological polar surface area (TPSA) is 54.5 Å². The smallest absolute Gasteiger partial charge is 0.255 e. The van der Waals surface area contributed by atoms with E-state index in [1.165, 1.54) is 42.8 Å². The first-order valence-electron chi connectivity index (χ1n) is 9.99. The first-order valence-corrected chi connectivity index (χ1v) is 10.9. The second-order valence-electron chi connectivity index (χ2n) is 7.25. The van der Waals surface area contributed by atoms with Gasteiger partial charge in [0.1, 0.15) is 12.4 Å². The number of thiazole rings is 1. The van der Waals surface area contributed by atoms with Crippen molar-refractivity contribution in [1.82, 2.24) is 9.88 Å². The van der Waals surface area contributed by atoms with Crippen molar-refractivity contribution in [2.75, 3.05) is 25.0 Å². The van der Waals surface area contributed by atoms with E-state index in [1.807, 2.05) is 29.6 Å². The molecule has 0 aliphatic carbocycles. The molecule has 1 saturated heterocycles. The standard InChI is InChI=1S/C23H25N3O2S/c27-23(19-4-3-5-22(14-19)28-15-21-16-29-17-24-21)25-20-8-6-18(7-9-20)10-13-26-11-1-2-12-26/h3-9,14,16-17H,1-2,10-13,15H2,(H,25,27). The molecule has 6 heteroatoms. The van der Waals surface area contributed by atoms with Crippen molar-refractivity contribution in [2.45, 2.75) is 25.9 Å². The Labute approximate surface area is 175 Å². The highest BCUT2D eigenvalue weighted by molar-refractivity contribution is 7.07. The van der Waals surface area contributed by atoms with Crippen LogP contribution < -0.4 is 10.1 Å². The van der Waals surface area contributed by atoms with Gasteiger partial charge in [-0.25, -0.2) is 4.98 Å². The summed E-state index contributed by atoms with van der Waals surface area (Å²) >= 11 is 1.54. The van der Waals surface area contributed by atoms with Gasteiger partial charge in [-0.2, -0.15) is 0 Å². The minimum absolute atomic E-state index is 0.145. The molecule has 5 nitrogen and oxygen atoms in total. The maximum Gasteiger partial charge on any atom is 0.255 e. The van der Waals surface area contributed by atoms with Crippen LogP contribution in [0.25, 0.3) is 0 Å². The SMILES string of the molecule is O=C(Nc1ccc(CCN2CCCC2)cc1)c1cccc(OCc2cscn2)c1. The fourth-order valence-corrected chi connectivity index (χ4v) is 3.99. The van der Waals surface area contributed by atoms with Crippen LogP contribution in [0.4, 0.5) is 5.69 Å². The van der Waals surface area contributed by atoms with E-state index < -0.39 is 0 Å². The largest absolute Gasteiger partial charge is 0.487 e. The number of nitrogens with one attached hydrogen (secondary N) is 1. The van der Waals surface area contributed by atoms with Gasteiger partial charge < -0.3 is 15.0 Å². The Morgan fingerprint density at radius 1 is 1.14 bits per heavy atom. The van der Waals surface area contributed by atoms with E-state index in [2.05, 4.69) is 27.3 Å². The number of aromatic nitrogens is 1. The summed E-state index contributed by atoms with van der Waals surface area (Å²) in [5.41, 5.74) is 5.33. The fourth-order valence-electron chi connectivity index (χ4n) is 3.44. The van der Waals surface area contributed by atoms with E-state index in [4.69, 9.17) is 4.74 Å². The molecule has 1 aliphatic heterocycles. The van der Waals surface area contributed by atoms with Gasteiger partial charge >= 0.3 is 0 Å². The molecule has 2 heterocycles. The van der Waals surface area contributed by atoms with Crippen LogP contribution in [-0.2, 0) is 13.0 Å². The first kappa shape index (κ1) is 19.6. The minimum atomic E-state index is -0.145. The zero-order valence-corrected chi connectivity index (χ0v) is 17.2. The quantitative estimate of drug-likeness (QED) is 0.592. The van der Waals surface area contributed by atoms with Crippen LogP contribution in [0.1, 0.15) is 34.5 Å². The number of nitrogens with zero attached hydrogens (tertiary/aromatic N) is 2. The summed E-state index contributed by atoms with van der Waals surface area (Å²) in [6, 6.07) is 15.4. The summed E-state index contributed by atoms with van der Waals surface area (Å²) < 4.78 is 5.74. The molecule has 1 fully saturated rings. The van der Waals surface area contributed by atoms with Crippen molar-refractivity contribution >= 4 is 22.9 Å². The van der Waals surface area contributed by atoms with E-state index >= 15 is 0 Å². The lowest BCUT2D eigenvalue weighted by atomic mass is 10.1. The molecule has 0 atom stereocenters. The number of carbonyl (C=O) groups excluding carboxylic acids is 1. The number of likely N-dealkylation sites (tertiary alicyclic amines) is 1. The van der Waals surface area contributed by atoms with Gasteiger partial charge in [-0.05, 0) is 68.2 Å². The predicted molar refractivity (Wildman–Crippen MR) is 117 cm³/mol. The Balaban J connectivity index is 1.30. The third-order valence-electron chi connectivity index (χ3n) is 5.09. The van der Waals surface area contributed by atoms with Gasteiger partial charge in [0.05, 0.1) is 11.2 Å². The van der Waals surface area contributed by atoms with Crippen molar-refractivity contribution in [1.29, 1.82) is 0 Å². The van der Waals surface area contributed by atoms with Gasteiger partial charge in [0.2, 0.25) is 0 Å². The van der Waals surface area contributed by atoms with E-state index in [9.17, 15) is 4.79 Å². The van der Waals surface area contributed by atoms with Crippen LogP contribution in [0.3, 0.4) is 0 Å². The first-order chi connectivity index (χ1) is 14.3. The number of anilines is 1. The third kappa shape index (κ3) is 5.65. The molecule has 1 aliphatic rings. The maximum atomic E-state index is 12.6. The molecule has 2 aromatic carbocycles. The van der Waals surface area contributed by atoms with Gasteiger partial charge in [0.15, 0.2) is 0 Å². The number of hydrogen-bond acceptors (Lipinski definition) is 5.